The number of hydrogen-bond acceptors (Lipinski definition) is 8. The lowest BCUT2D eigenvalue weighted by atomic mass is 9.95. The van der Waals surface area contributed by atoms with Crippen LogP contribution in [0.3, 0.4) is 0 Å². The van der Waals surface area contributed by atoms with E-state index in [1.165, 1.54) is 5.69 Å². The van der Waals surface area contributed by atoms with Crippen LogP contribution < -0.4 is 10.7 Å². The van der Waals surface area contributed by atoms with Crippen LogP contribution in [0.4, 0.5) is 5.69 Å². The van der Waals surface area contributed by atoms with Gasteiger partial charge in [0.05, 0.1) is 18.7 Å². The second-order valence-electron chi connectivity index (χ2n) is 8.48. The number of carbonyl (C=O) groups is 2. The Hall–Kier alpha value is -2.65. The lowest BCUT2D eigenvalue weighted by molar-refractivity contribution is -0.159. The molecule has 2 atom stereocenters. The fourth-order valence-electron chi connectivity index (χ4n) is 4.82. The van der Waals surface area contributed by atoms with E-state index < -0.39 is 23.9 Å². The Morgan fingerprint density at radius 2 is 1.78 bits per heavy atom. The highest BCUT2D eigenvalue weighted by atomic mass is 16.5. The van der Waals surface area contributed by atoms with Gasteiger partial charge in [-0.2, -0.15) is 5.10 Å². The molecule has 32 heavy (non-hydrogen) atoms. The Kier molecular flexibility index (Phi) is 8.46. The Morgan fingerprint density at radius 1 is 1.16 bits per heavy atom. The van der Waals surface area contributed by atoms with Crippen molar-refractivity contribution < 1.29 is 19.4 Å². The zero-order valence-corrected chi connectivity index (χ0v) is 19.0. The third-order valence-electron chi connectivity index (χ3n) is 6.59. The van der Waals surface area contributed by atoms with E-state index in [-0.39, 0.29) is 6.61 Å². The van der Waals surface area contributed by atoms with Crippen molar-refractivity contribution in [3.05, 3.63) is 29.8 Å². The van der Waals surface area contributed by atoms with Gasteiger partial charge in [-0.3, -0.25) is 19.4 Å². The van der Waals surface area contributed by atoms with Crippen molar-refractivity contribution in [1.29, 1.82) is 0 Å². The van der Waals surface area contributed by atoms with Crippen molar-refractivity contribution in [3.63, 3.8) is 0 Å². The normalized spacial score (nSPS) is 20.9. The summed E-state index contributed by atoms with van der Waals surface area (Å²) in [5.74, 6) is 3.12. The number of benzene rings is 1. The number of piperazine rings is 1. The van der Waals surface area contributed by atoms with E-state index in [1.54, 1.807) is 20.1 Å². The standard InChI is InChI=1S/C23H35N5O4/c1-3-32-23(31)17(2)21(22(29)30)28-10-8-20(9-11-28)27-14-12-26(13-15-27)19-6-4-18(5-7-19)16-25-24/h4-7,16-17,20-21H,3,8-15,24H2,1-2H3,(H,29,30). The van der Waals surface area contributed by atoms with Crippen molar-refractivity contribution in [2.45, 2.75) is 38.8 Å². The number of ether oxygens (including phenoxy) is 1. The molecule has 1 aromatic carbocycles. The number of nitrogens with zero attached hydrogens (tertiary/aromatic N) is 4. The van der Waals surface area contributed by atoms with Crippen LogP contribution in [-0.2, 0) is 14.3 Å². The van der Waals surface area contributed by atoms with E-state index in [2.05, 4.69) is 27.0 Å². The predicted octanol–water partition coefficient (Wildman–Crippen LogP) is 1.22. The summed E-state index contributed by atoms with van der Waals surface area (Å²) in [5.41, 5.74) is 2.18. The number of nitrogens with two attached hydrogens (primary N) is 1. The Bertz CT molecular complexity index is 784. The molecule has 2 saturated heterocycles. The van der Waals surface area contributed by atoms with Gasteiger partial charge in [0.25, 0.3) is 0 Å². The third kappa shape index (κ3) is 5.77. The lowest BCUT2D eigenvalue weighted by Crippen LogP contribution is -2.56. The van der Waals surface area contributed by atoms with Gasteiger partial charge in [-0.1, -0.05) is 12.1 Å². The maximum Gasteiger partial charge on any atom is 0.321 e. The average molecular weight is 446 g/mol. The third-order valence-corrected chi connectivity index (χ3v) is 6.59. The Balaban J connectivity index is 1.50. The van der Waals surface area contributed by atoms with E-state index in [0.29, 0.717) is 19.1 Å². The first-order chi connectivity index (χ1) is 15.4. The van der Waals surface area contributed by atoms with Gasteiger partial charge in [-0.05, 0) is 44.4 Å². The van der Waals surface area contributed by atoms with Crippen molar-refractivity contribution in [3.8, 4) is 0 Å². The first-order valence-corrected chi connectivity index (χ1v) is 11.4. The fraction of sp³-hybridized carbons (Fsp3) is 0.609. The van der Waals surface area contributed by atoms with Gasteiger partial charge in [0.1, 0.15) is 6.04 Å². The molecule has 3 N–H and O–H groups in total. The molecular formula is C23H35N5O4. The number of piperidine rings is 1. The van der Waals surface area contributed by atoms with Crippen molar-refractivity contribution in [2.75, 3.05) is 50.8 Å². The smallest absolute Gasteiger partial charge is 0.321 e. The van der Waals surface area contributed by atoms with Crippen LogP contribution in [0.15, 0.2) is 29.4 Å². The van der Waals surface area contributed by atoms with Crippen molar-refractivity contribution in [1.82, 2.24) is 9.80 Å². The largest absolute Gasteiger partial charge is 0.480 e. The molecule has 2 unspecified atom stereocenters. The van der Waals surface area contributed by atoms with Gasteiger partial charge in [-0.15, -0.1) is 0 Å². The minimum Gasteiger partial charge on any atom is -0.480 e. The highest BCUT2D eigenvalue weighted by Crippen LogP contribution is 2.24. The highest BCUT2D eigenvalue weighted by molar-refractivity contribution is 5.83. The number of likely N-dealkylation sites (tertiary alicyclic amines) is 1. The lowest BCUT2D eigenvalue weighted by Gasteiger charge is -2.44. The van der Waals surface area contributed by atoms with E-state index in [4.69, 9.17) is 10.6 Å². The van der Waals surface area contributed by atoms with Gasteiger partial charge in [0, 0.05) is 51.0 Å². The summed E-state index contributed by atoms with van der Waals surface area (Å²) >= 11 is 0. The van der Waals surface area contributed by atoms with E-state index in [1.807, 2.05) is 17.0 Å². The number of hydrazone groups is 1. The number of carboxylic acids is 1. The molecule has 1 aromatic rings. The molecule has 2 aliphatic heterocycles. The number of carbonyl (C=O) groups excluding carboxylic acids is 1. The number of esters is 1. The summed E-state index contributed by atoms with van der Waals surface area (Å²) in [7, 11) is 0. The fourth-order valence-corrected chi connectivity index (χ4v) is 4.82. The highest BCUT2D eigenvalue weighted by Gasteiger charge is 2.38. The monoisotopic (exact) mass is 445 g/mol. The SMILES string of the molecule is CCOC(=O)C(C)C(C(=O)O)N1CCC(N2CCN(c3ccc(C=NN)cc3)CC2)CC1. The molecule has 2 aliphatic rings. The Morgan fingerprint density at radius 3 is 2.31 bits per heavy atom. The number of rotatable bonds is 8. The van der Waals surface area contributed by atoms with Gasteiger partial charge in [0.15, 0.2) is 0 Å². The van der Waals surface area contributed by atoms with Crippen LogP contribution in [0.25, 0.3) is 0 Å². The molecule has 176 valence electrons. The summed E-state index contributed by atoms with van der Waals surface area (Å²) in [6.07, 6.45) is 3.45. The molecule has 0 aliphatic carbocycles. The average Bonchev–Trinajstić information content (AvgIpc) is 2.80. The molecule has 9 heteroatoms. The Labute approximate surface area is 189 Å². The molecule has 0 aromatic heterocycles. The molecule has 3 rings (SSSR count). The first-order valence-electron chi connectivity index (χ1n) is 11.4. The molecule has 9 nitrogen and oxygen atoms in total. The summed E-state index contributed by atoms with van der Waals surface area (Å²) in [5, 5.41) is 13.3. The molecule has 0 radical (unpaired) electrons. The minimum absolute atomic E-state index is 0.260. The topological polar surface area (TPSA) is 112 Å². The van der Waals surface area contributed by atoms with Crippen LogP contribution in [0.1, 0.15) is 32.3 Å². The molecule has 2 fully saturated rings. The van der Waals surface area contributed by atoms with Gasteiger partial charge >= 0.3 is 11.9 Å². The summed E-state index contributed by atoms with van der Waals surface area (Å²) in [4.78, 5) is 30.8. The zero-order valence-electron chi connectivity index (χ0n) is 19.0. The van der Waals surface area contributed by atoms with E-state index >= 15 is 0 Å². The predicted molar refractivity (Wildman–Crippen MR) is 124 cm³/mol. The number of hydrogen-bond donors (Lipinski definition) is 2. The summed E-state index contributed by atoms with van der Waals surface area (Å²) in [6.45, 7) is 8.89. The van der Waals surface area contributed by atoms with Gasteiger partial charge in [0.2, 0.25) is 0 Å². The van der Waals surface area contributed by atoms with Gasteiger partial charge < -0.3 is 20.6 Å². The van der Waals surface area contributed by atoms with Crippen LogP contribution in [0.5, 0.6) is 0 Å². The van der Waals surface area contributed by atoms with Crippen LogP contribution in [0, 0.1) is 5.92 Å². The number of carboxylic acid groups (broad SMARTS) is 1. The quantitative estimate of drug-likeness (QED) is 0.266. The maximum absolute atomic E-state index is 12.1. The molecular weight excluding hydrogens is 410 g/mol. The second kappa shape index (κ2) is 11.3. The second-order valence-corrected chi connectivity index (χ2v) is 8.48. The molecule has 0 saturated carbocycles. The maximum atomic E-state index is 12.1. The van der Waals surface area contributed by atoms with Crippen molar-refractivity contribution in [2.24, 2.45) is 16.9 Å². The van der Waals surface area contributed by atoms with Crippen LogP contribution >= 0.6 is 0 Å². The van der Waals surface area contributed by atoms with Crippen molar-refractivity contribution >= 4 is 23.8 Å². The zero-order chi connectivity index (χ0) is 23.1. The number of aliphatic carboxylic acids is 1. The number of anilines is 1. The van der Waals surface area contributed by atoms with E-state index in [0.717, 1.165) is 44.6 Å². The molecule has 0 amide bonds. The van der Waals surface area contributed by atoms with Crippen LogP contribution in [0.2, 0.25) is 0 Å². The van der Waals surface area contributed by atoms with E-state index in [9.17, 15) is 14.7 Å². The van der Waals surface area contributed by atoms with Gasteiger partial charge in [-0.25, -0.2) is 0 Å². The summed E-state index contributed by atoms with van der Waals surface area (Å²) in [6, 6.07) is 7.85. The minimum atomic E-state index is -0.957. The molecule has 0 bridgehead atoms. The van der Waals surface area contributed by atoms with Crippen LogP contribution in [-0.4, -0.2) is 91.0 Å². The summed E-state index contributed by atoms with van der Waals surface area (Å²) < 4.78 is 5.05. The molecule has 0 spiro atoms. The first kappa shape index (κ1) is 24.0. The molecule has 2 heterocycles.